The van der Waals surface area contributed by atoms with Crippen LogP contribution in [0.4, 0.5) is 0 Å². The van der Waals surface area contributed by atoms with Crippen molar-refractivity contribution in [1.82, 2.24) is 16.0 Å². The Morgan fingerprint density at radius 3 is 1.67 bits per heavy atom. The number of rotatable bonds is 9. The highest BCUT2D eigenvalue weighted by molar-refractivity contribution is 6.09. The molecule has 0 aliphatic rings. The second kappa shape index (κ2) is 10.4. The minimum atomic E-state index is -0.344. The number of carbonyl (C=O) groups excluding carboxylic acids is 3. The first-order valence-electron chi connectivity index (χ1n) is 8.53. The van der Waals surface area contributed by atoms with Crippen LogP contribution in [-0.4, -0.2) is 37.4 Å². The molecule has 0 aliphatic heterocycles. The van der Waals surface area contributed by atoms with Gasteiger partial charge in [0.05, 0.1) is 11.1 Å². The van der Waals surface area contributed by atoms with E-state index >= 15 is 0 Å². The number of benzene rings is 1. The number of hydrogen-bond acceptors (Lipinski definition) is 3. The standard InChI is InChI=1S/C18H27N3O3/c1-4-9-19-16(22)13-7-8-14(17(23)20-10-5-2)15(12-13)18(24)21-11-6-3/h7-8,12H,4-6,9-11H2,1-3H3,(H,19,22)(H,20,23)(H,21,24). The van der Waals surface area contributed by atoms with Crippen molar-refractivity contribution in [3.63, 3.8) is 0 Å². The van der Waals surface area contributed by atoms with Gasteiger partial charge in [-0.2, -0.15) is 0 Å². The third-order valence-electron chi connectivity index (χ3n) is 3.38. The summed E-state index contributed by atoms with van der Waals surface area (Å²) in [6.45, 7) is 7.48. The van der Waals surface area contributed by atoms with Crippen molar-refractivity contribution in [2.45, 2.75) is 40.0 Å². The molecular formula is C18H27N3O3. The van der Waals surface area contributed by atoms with Gasteiger partial charge in [0.25, 0.3) is 17.7 Å². The van der Waals surface area contributed by atoms with Crippen LogP contribution in [0.25, 0.3) is 0 Å². The van der Waals surface area contributed by atoms with E-state index in [1.165, 1.54) is 12.1 Å². The molecule has 3 N–H and O–H groups in total. The Morgan fingerprint density at radius 1 is 0.708 bits per heavy atom. The molecular weight excluding hydrogens is 306 g/mol. The van der Waals surface area contributed by atoms with Crippen LogP contribution in [-0.2, 0) is 0 Å². The topological polar surface area (TPSA) is 87.3 Å². The van der Waals surface area contributed by atoms with Gasteiger partial charge in [-0.1, -0.05) is 20.8 Å². The molecule has 6 heteroatoms. The van der Waals surface area contributed by atoms with Crippen LogP contribution in [0.5, 0.6) is 0 Å². The fraction of sp³-hybridized carbons (Fsp3) is 0.500. The van der Waals surface area contributed by atoms with Crippen LogP contribution in [0, 0.1) is 0 Å². The highest BCUT2D eigenvalue weighted by Crippen LogP contribution is 2.13. The summed E-state index contributed by atoms with van der Waals surface area (Å²) in [5.74, 6) is -0.899. The molecule has 0 heterocycles. The average Bonchev–Trinajstić information content (AvgIpc) is 2.61. The molecule has 0 radical (unpaired) electrons. The molecule has 0 saturated heterocycles. The molecule has 132 valence electrons. The van der Waals surface area contributed by atoms with Crippen LogP contribution in [0.1, 0.15) is 71.1 Å². The molecule has 0 unspecified atom stereocenters. The van der Waals surface area contributed by atoms with Crippen molar-refractivity contribution >= 4 is 17.7 Å². The van der Waals surface area contributed by atoms with E-state index in [2.05, 4.69) is 16.0 Å². The molecule has 3 amide bonds. The molecule has 1 rings (SSSR count). The molecule has 0 atom stereocenters. The lowest BCUT2D eigenvalue weighted by molar-refractivity contribution is 0.0917. The minimum Gasteiger partial charge on any atom is -0.352 e. The number of nitrogens with one attached hydrogen (secondary N) is 3. The van der Waals surface area contributed by atoms with Gasteiger partial charge in [0.2, 0.25) is 0 Å². The second-order valence-corrected chi connectivity index (χ2v) is 5.53. The SMILES string of the molecule is CCCNC(=O)c1ccc(C(=O)NCCC)c(C(=O)NCCC)c1. The lowest BCUT2D eigenvalue weighted by atomic mass is 10.0. The maximum atomic E-state index is 12.4. The lowest BCUT2D eigenvalue weighted by Gasteiger charge is -2.12. The zero-order chi connectivity index (χ0) is 17.9. The summed E-state index contributed by atoms with van der Waals surface area (Å²) in [7, 11) is 0. The Balaban J connectivity index is 3.11. The van der Waals surface area contributed by atoms with E-state index in [-0.39, 0.29) is 28.8 Å². The zero-order valence-corrected chi connectivity index (χ0v) is 14.7. The fourth-order valence-electron chi connectivity index (χ4n) is 2.08. The van der Waals surface area contributed by atoms with Gasteiger partial charge in [-0.3, -0.25) is 14.4 Å². The van der Waals surface area contributed by atoms with Crippen LogP contribution < -0.4 is 16.0 Å². The zero-order valence-electron chi connectivity index (χ0n) is 14.7. The molecule has 1 aromatic carbocycles. The maximum absolute atomic E-state index is 12.4. The fourth-order valence-corrected chi connectivity index (χ4v) is 2.08. The molecule has 0 aliphatic carbocycles. The highest BCUT2D eigenvalue weighted by Gasteiger charge is 2.19. The Morgan fingerprint density at radius 2 is 1.17 bits per heavy atom. The Bertz CT molecular complexity index is 585. The van der Waals surface area contributed by atoms with Crippen LogP contribution in [0.2, 0.25) is 0 Å². The Kier molecular flexibility index (Phi) is 8.54. The van der Waals surface area contributed by atoms with E-state index in [0.29, 0.717) is 25.2 Å². The average molecular weight is 333 g/mol. The second-order valence-electron chi connectivity index (χ2n) is 5.53. The van der Waals surface area contributed by atoms with Crippen molar-refractivity contribution in [2.75, 3.05) is 19.6 Å². The van der Waals surface area contributed by atoms with E-state index < -0.39 is 0 Å². The summed E-state index contributed by atoms with van der Waals surface area (Å²) < 4.78 is 0. The van der Waals surface area contributed by atoms with E-state index in [4.69, 9.17) is 0 Å². The normalized spacial score (nSPS) is 10.1. The van der Waals surface area contributed by atoms with E-state index in [9.17, 15) is 14.4 Å². The number of amides is 3. The summed E-state index contributed by atoms with van der Waals surface area (Å²) in [6.07, 6.45) is 2.42. The first-order chi connectivity index (χ1) is 11.5. The lowest BCUT2D eigenvalue weighted by Crippen LogP contribution is -2.31. The van der Waals surface area contributed by atoms with Gasteiger partial charge in [-0.15, -0.1) is 0 Å². The minimum absolute atomic E-state index is 0.223. The van der Waals surface area contributed by atoms with E-state index in [1.54, 1.807) is 6.07 Å². The van der Waals surface area contributed by atoms with Gasteiger partial charge in [0, 0.05) is 25.2 Å². The Labute approximate surface area is 143 Å². The molecule has 0 aromatic heterocycles. The van der Waals surface area contributed by atoms with Gasteiger partial charge in [-0.05, 0) is 37.5 Å². The molecule has 6 nitrogen and oxygen atoms in total. The number of carbonyl (C=O) groups is 3. The predicted octanol–water partition coefficient (Wildman–Crippen LogP) is 2.11. The van der Waals surface area contributed by atoms with Gasteiger partial charge >= 0.3 is 0 Å². The van der Waals surface area contributed by atoms with Gasteiger partial charge in [0.15, 0.2) is 0 Å². The van der Waals surface area contributed by atoms with Gasteiger partial charge in [0.1, 0.15) is 0 Å². The van der Waals surface area contributed by atoms with Crippen molar-refractivity contribution in [1.29, 1.82) is 0 Å². The Hall–Kier alpha value is -2.37. The van der Waals surface area contributed by atoms with Gasteiger partial charge < -0.3 is 16.0 Å². The van der Waals surface area contributed by atoms with Crippen LogP contribution in [0.15, 0.2) is 18.2 Å². The molecule has 0 saturated carbocycles. The molecule has 24 heavy (non-hydrogen) atoms. The smallest absolute Gasteiger partial charge is 0.252 e. The van der Waals surface area contributed by atoms with Crippen molar-refractivity contribution < 1.29 is 14.4 Å². The first-order valence-corrected chi connectivity index (χ1v) is 8.53. The summed E-state index contributed by atoms with van der Waals surface area (Å²) in [6, 6.07) is 4.59. The monoisotopic (exact) mass is 333 g/mol. The third-order valence-corrected chi connectivity index (χ3v) is 3.38. The van der Waals surface area contributed by atoms with Crippen LogP contribution in [0.3, 0.4) is 0 Å². The van der Waals surface area contributed by atoms with Gasteiger partial charge in [-0.25, -0.2) is 0 Å². The first kappa shape index (κ1) is 19.7. The predicted molar refractivity (Wildman–Crippen MR) is 94.3 cm³/mol. The summed E-state index contributed by atoms with van der Waals surface area (Å²) in [5.41, 5.74) is 0.877. The largest absolute Gasteiger partial charge is 0.352 e. The van der Waals surface area contributed by atoms with E-state index in [1.807, 2.05) is 20.8 Å². The third kappa shape index (κ3) is 5.68. The van der Waals surface area contributed by atoms with Crippen molar-refractivity contribution in [3.8, 4) is 0 Å². The van der Waals surface area contributed by atoms with Crippen LogP contribution >= 0.6 is 0 Å². The molecule has 0 fully saturated rings. The molecule has 0 bridgehead atoms. The van der Waals surface area contributed by atoms with E-state index in [0.717, 1.165) is 19.3 Å². The quantitative estimate of drug-likeness (QED) is 0.647. The van der Waals surface area contributed by atoms with Crippen molar-refractivity contribution in [3.05, 3.63) is 34.9 Å². The summed E-state index contributed by atoms with van der Waals surface area (Å²) in [5, 5.41) is 8.29. The molecule has 1 aromatic rings. The van der Waals surface area contributed by atoms with Crippen molar-refractivity contribution in [2.24, 2.45) is 0 Å². The summed E-state index contributed by atoms with van der Waals surface area (Å²) >= 11 is 0. The maximum Gasteiger partial charge on any atom is 0.252 e. The molecule has 0 spiro atoms. The summed E-state index contributed by atoms with van der Waals surface area (Å²) in [4.78, 5) is 36.7. The number of hydrogen-bond donors (Lipinski definition) is 3. The highest BCUT2D eigenvalue weighted by atomic mass is 16.2.